The molecule has 1 atom stereocenters. The highest BCUT2D eigenvalue weighted by Crippen LogP contribution is 2.24. The van der Waals surface area contributed by atoms with Gasteiger partial charge in [0.05, 0.1) is 10.6 Å². The highest BCUT2D eigenvalue weighted by atomic mass is 35.5. The standard InChI is InChI=1S/C14H19ClN2O/c1-3-11-6-4-5-7-17(11)14(18)12-9-16-10(2)8-13(12)15/h8-9,11H,3-7H2,1-2H3. The van der Waals surface area contributed by atoms with Gasteiger partial charge in [0.1, 0.15) is 0 Å². The van der Waals surface area contributed by atoms with Gasteiger partial charge < -0.3 is 4.90 Å². The van der Waals surface area contributed by atoms with Crippen molar-refractivity contribution in [3.05, 3.63) is 28.5 Å². The van der Waals surface area contributed by atoms with E-state index in [0.717, 1.165) is 31.5 Å². The summed E-state index contributed by atoms with van der Waals surface area (Å²) in [6.45, 7) is 4.84. The van der Waals surface area contributed by atoms with E-state index in [1.807, 2.05) is 11.8 Å². The molecule has 0 spiro atoms. The number of rotatable bonds is 2. The van der Waals surface area contributed by atoms with E-state index in [4.69, 9.17) is 11.6 Å². The van der Waals surface area contributed by atoms with Crippen LogP contribution in [-0.4, -0.2) is 28.4 Å². The topological polar surface area (TPSA) is 33.2 Å². The molecule has 0 radical (unpaired) electrons. The van der Waals surface area contributed by atoms with Crippen LogP contribution in [0.1, 0.15) is 48.7 Å². The minimum Gasteiger partial charge on any atom is -0.336 e. The molecule has 18 heavy (non-hydrogen) atoms. The second kappa shape index (κ2) is 5.70. The maximum atomic E-state index is 12.5. The predicted octanol–water partition coefficient (Wildman–Crippen LogP) is 3.45. The molecule has 4 heteroatoms. The minimum absolute atomic E-state index is 0.0269. The lowest BCUT2D eigenvalue weighted by molar-refractivity contribution is 0.0608. The number of piperidine rings is 1. The van der Waals surface area contributed by atoms with Gasteiger partial charge in [0.15, 0.2) is 0 Å². The van der Waals surface area contributed by atoms with Crippen LogP contribution in [0.2, 0.25) is 5.02 Å². The fraction of sp³-hybridized carbons (Fsp3) is 0.571. The quantitative estimate of drug-likeness (QED) is 0.821. The Balaban J connectivity index is 2.24. The van der Waals surface area contributed by atoms with Crippen molar-refractivity contribution < 1.29 is 4.79 Å². The van der Waals surface area contributed by atoms with Crippen LogP contribution < -0.4 is 0 Å². The molecule has 1 fully saturated rings. The zero-order valence-corrected chi connectivity index (χ0v) is 11.7. The number of halogens is 1. The van der Waals surface area contributed by atoms with Gasteiger partial charge in [0.25, 0.3) is 5.91 Å². The van der Waals surface area contributed by atoms with Crippen LogP contribution in [0, 0.1) is 6.92 Å². The molecule has 1 aliphatic heterocycles. The molecule has 1 saturated heterocycles. The van der Waals surface area contributed by atoms with E-state index >= 15 is 0 Å². The third-order valence-corrected chi connectivity index (χ3v) is 3.89. The molecule has 1 unspecified atom stereocenters. The highest BCUT2D eigenvalue weighted by Gasteiger charge is 2.27. The molecule has 1 aromatic heterocycles. The van der Waals surface area contributed by atoms with Crippen LogP contribution in [0.4, 0.5) is 0 Å². The van der Waals surface area contributed by atoms with Gasteiger partial charge in [-0.05, 0) is 38.7 Å². The van der Waals surface area contributed by atoms with Crippen molar-refractivity contribution in [3.63, 3.8) is 0 Å². The first-order chi connectivity index (χ1) is 8.63. The number of carbonyl (C=O) groups excluding carboxylic acids is 1. The van der Waals surface area contributed by atoms with E-state index in [1.54, 1.807) is 12.3 Å². The molecular weight excluding hydrogens is 248 g/mol. The Hall–Kier alpha value is -1.09. The molecule has 0 saturated carbocycles. The Morgan fingerprint density at radius 1 is 1.56 bits per heavy atom. The first-order valence-electron chi connectivity index (χ1n) is 6.56. The van der Waals surface area contributed by atoms with Gasteiger partial charge in [-0.2, -0.15) is 0 Å². The highest BCUT2D eigenvalue weighted by molar-refractivity contribution is 6.33. The smallest absolute Gasteiger partial charge is 0.257 e. The molecule has 2 heterocycles. The zero-order valence-electron chi connectivity index (χ0n) is 10.9. The summed E-state index contributed by atoms with van der Waals surface area (Å²) in [5, 5.41) is 0.507. The summed E-state index contributed by atoms with van der Waals surface area (Å²) in [4.78, 5) is 18.6. The summed E-state index contributed by atoms with van der Waals surface area (Å²) in [6, 6.07) is 2.10. The lowest BCUT2D eigenvalue weighted by Crippen LogP contribution is -2.43. The van der Waals surface area contributed by atoms with E-state index in [9.17, 15) is 4.79 Å². The maximum Gasteiger partial charge on any atom is 0.257 e. The van der Waals surface area contributed by atoms with Gasteiger partial charge in [0, 0.05) is 24.5 Å². The predicted molar refractivity (Wildman–Crippen MR) is 73.0 cm³/mol. The van der Waals surface area contributed by atoms with Gasteiger partial charge in [-0.15, -0.1) is 0 Å². The average Bonchev–Trinajstić information content (AvgIpc) is 2.38. The molecule has 98 valence electrons. The Morgan fingerprint density at radius 2 is 2.33 bits per heavy atom. The first-order valence-corrected chi connectivity index (χ1v) is 6.94. The Labute approximate surface area is 113 Å². The van der Waals surface area contributed by atoms with E-state index in [2.05, 4.69) is 11.9 Å². The monoisotopic (exact) mass is 266 g/mol. The normalized spacial score (nSPS) is 19.9. The summed E-state index contributed by atoms with van der Waals surface area (Å²) in [6.07, 6.45) is 5.99. The second-order valence-corrected chi connectivity index (χ2v) is 5.27. The van der Waals surface area contributed by atoms with E-state index in [1.165, 1.54) is 6.42 Å². The molecule has 0 N–H and O–H groups in total. The molecule has 1 amide bonds. The summed E-state index contributed by atoms with van der Waals surface area (Å²) < 4.78 is 0. The van der Waals surface area contributed by atoms with Crippen LogP contribution >= 0.6 is 11.6 Å². The number of aryl methyl sites for hydroxylation is 1. The molecular formula is C14H19ClN2O. The second-order valence-electron chi connectivity index (χ2n) is 4.86. The van der Waals surface area contributed by atoms with Crippen LogP contribution in [0.5, 0.6) is 0 Å². The lowest BCUT2D eigenvalue weighted by Gasteiger charge is -2.35. The fourth-order valence-electron chi connectivity index (χ4n) is 2.53. The number of carbonyl (C=O) groups is 1. The number of nitrogens with zero attached hydrogens (tertiary/aromatic N) is 2. The van der Waals surface area contributed by atoms with E-state index in [0.29, 0.717) is 16.6 Å². The number of amides is 1. The van der Waals surface area contributed by atoms with Crippen molar-refractivity contribution >= 4 is 17.5 Å². The van der Waals surface area contributed by atoms with Crippen LogP contribution in [0.15, 0.2) is 12.3 Å². The van der Waals surface area contributed by atoms with Crippen molar-refractivity contribution in [1.82, 2.24) is 9.88 Å². The number of aromatic nitrogens is 1. The summed E-state index contributed by atoms with van der Waals surface area (Å²) in [5.41, 5.74) is 1.37. The molecule has 0 aromatic carbocycles. The molecule has 0 bridgehead atoms. The van der Waals surface area contributed by atoms with E-state index < -0.39 is 0 Å². The molecule has 1 aromatic rings. The molecule has 0 aliphatic carbocycles. The third-order valence-electron chi connectivity index (χ3n) is 3.58. The SMILES string of the molecule is CCC1CCCCN1C(=O)c1cnc(C)cc1Cl. The van der Waals surface area contributed by atoms with Gasteiger partial charge in [-0.25, -0.2) is 0 Å². The number of hydrogen-bond acceptors (Lipinski definition) is 2. The van der Waals surface area contributed by atoms with Gasteiger partial charge in [0.2, 0.25) is 0 Å². The summed E-state index contributed by atoms with van der Waals surface area (Å²) in [5.74, 6) is 0.0269. The molecule has 1 aliphatic rings. The van der Waals surface area contributed by atoms with Crippen molar-refractivity contribution in [3.8, 4) is 0 Å². The Bertz CT molecular complexity index is 447. The number of likely N-dealkylation sites (tertiary alicyclic amines) is 1. The third kappa shape index (κ3) is 2.66. The number of pyridine rings is 1. The first kappa shape index (κ1) is 13.3. The summed E-state index contributed by atoms with van der Waals surface area (Å²) >= 11 is 6.15. The Morgan fingerprint density at radius 3 is 3.00 bits per heavy atom. The Kier molecular flexibility index (Phi) is 4.23. The van der Waals surface area contributed by atoms with Crippen LogP contribution in [0.3, 0.4) is 0 Å². The van der Waals surface area contributed by atoms with Gasteiger partial charge in [-0.1, -0.05) is 18.5 Å². The van der Waals surface area contributed by atoms with Crippen molar-refractivity contribution in [1.29, 1.82) is 0 Å². The van der Waals surface area contributed by atoms with Crippen molar-refractivity contribution in [2.75, 3.05) is 6.54 Å². The van der Waals surface area contributed by atoms with E-state index in [-0.39, 0.29) is 5.91 Å². The number of hydrogen-bond donors (Lipinski definition) is 0. The van der Waals surface area contributed by atoms with Crippen molar-refractivity contribution in [2.45, 2.75) is 45.6 Å². The molecule has 2 rings (SSSR count). The van der Waals surface area contributed by atoms with Gasteiger partial charge in [-0.3, -0.25) is 9.78 Å². The maximum absolute atomic E-state index is 12.5. The van der Waals surface area contributed by atoms with Crippen LogP contribution in [-0.2, 0) is 0 Å². The zero-order chi connectivity index (χ0) is 13.1. The van der Waals surface area contributed by atoms with Gasteiger partial charge >= 0.3 is 0 Å². The largest absolute Gasteiger partial charge is 0.336 e. The van der Waals surface area contributed by atoms with Crippen molar-refractivity contribution in [2.24, 2.45) is 0 Å². The molecule has 3 nitrogen and oxygen atoms in total. The average molecular weight is 267 g/mol. The fourth-order valence-corrected chi connectivity index (χ4v) is 2.82. The van der Waals surface area contributed by atoms with Crippen LogP contribution in [0.25, 0.3) is 0 Å². The summed E-state index contributed by atoms with van der Waals surface area (Å²) in [7, 11) is 0. The minimum atomic E-state index is 0.0269. The lowest BCUT2D eigenvalue weighted by atomic mass is 9.99.